The van der Waals surface area contributed by atoms with E-state index in [4.69, 9.17) is 16.1 Å². The first-order valence-corrected chi connectivity index (χ1v) is 7.60. The Morgan fingerprint density at radius 3 is 2.95 bits per heavy atom. The van der Waals surface area contributed by atoms with Gasteiger partial charge < -0.3 is 14.7 Å². The van der Waals surface area contributed by atoms with Crippen molar-refractivity contribution in [2.45, 2.75) is 31.8 Å². The zero-order valence-electron chi connectivity index (χ0n) is 12.5. The second-order valence-electron chi connectivity index (χ2n) is 5.70. The van der Waals surface area contributed by atoms with Gasteiger partial charge in [-0.1, -0.05) is 35.0 Å². The fraction of sp³-hybridized carbons (Fsp3) is 0.375. The van der Waals surface area contributed by atoms with Crippen molar-refractivity contribution < 1.29 is 9.32 Å². The molecule has 5 nitrogen and oxygen atoms in total. The van der Waals surface area contributed by atoms with Crippen molar-refractivity contribution in [2.75, 3.05) is 7.05 Å². The zero-order valence-corrected chi connectivity index (χ0v) is 13.3. The average Bonchev–Trinajstić information content (AvgIpc) is 3.12. The summed E-state index contributed by atoms with van der Waals surface area (Å²) in [5.41, 5.74) is 1.85. The van der Waals surface area contributed by atoms with Crippen molar-refractivity contribution in [3.63, 3.8) is 0 Å². The van der Waals surface area contributed by atoms with E-state index in [0.29, 0.717) is 12.5 Å². The number of nitrogens with zero attached hydrogens (tertiary/aromatic N) is 2. The highest BCUT2D eigenvalue weighted by Gasteiger charge is 2.41. The number of amides is 2. The summed E-state index contributed by atoms with van der Waals surface area (Å²) in [6.07, 6.45) is 0.923. The molecule has 2 amide bonds. The number of aromatic nitrogens is 1. The molecule has 0 bridgehead atoms. The normalized spacial score (nSPS) is 19.8. The van der Waals surface area contributed by atoms with Crippen molar-refractivity contribution in [2.24, 2.45) is 0 Å². The van der Waals surface area contributed by atoms with E-state index >= 15 is 0 Å². The summed E-state index contributed by atoms with van der Waals surface area (Å²) < 4.78 is 5.00. The van der Waals surface area contributed by atoms with Gasteiger partial charge in [0.25, 0.3) is 0 Å². The number of carbonyl (C=O) groups excluding carboxylic acids is 1. The molecule has 22 heavy (non-hydrogen) atoms. The molecule has 2 unspecified atom stereocenters. The van der Waals surface area contributed by atoms with Gasteiger partial charge in [0.2, 0.25) is 0 Å². The molecule has 1 fully saturated rings. The van der Waals surface area contributed by atoms with E-state index in [1.165, 1.54) is 0 Å². The molecular weight excluding hydrogens is 302 g/mol. The number of hydrogen-bond donors (Lipinski definition) is 1. The fourth-order valence-corrected chi connectivity index (χ4v) is 2.83. The van der Waals surface area contributed by atoms with Crippen molar-refractivity contribution in [1.82, 2.24) is 15.4 Å². The molecule has 1 N–H and O–H groups in total. The predicted octanol–water partition coefficient (Wildman–Crippen LogP) is 3.33. The third-order valence-corrected chi connectivity index (χ3v) is 4.17. The maximum Gasteiger partial charge on any atom is 0.317 e. The van der Waals surface area contributed by atoms with E-state index in [0.717, 1.165) is 28.5 Å². The van der Waals surface area contributed by atoms with Crippen LogP contribution in [0.1, 0.15) is 29.4 Å². The molecule has 1 aromatic carbocycles. The summed E-state index contributed by atoms with van der Waals surface area (Å²) in [7, 11) is 1.74. The molecule has 2 aromatic rings. The smallest absolute Gasteiger partial charge is 0.317 e. The minimum Gasteiger partial charge on any atom is -0.361 e. The lowest BCUT2D eigenvalue weighted by molar-refractivity contribution is 0.205. The number of urea groups is 1. The number of aryl methyl sites for hydroxylation is 1. The van der Waals surface area contributed by atoms with Crippen LogP contribution in [0.2, 0.25) is 5.02 Å². The largest absolute Gasteiger partial charge is 0.361 e. The van der Waals surface area contributed by atoms with Gasteiger partial charge in [0, 0.05) is 30.1 Å². The fourth-order valence-electron chi connectivity index (χ4n) is 2.55. The molecule has 0 radical (unpaired) electrons. The summed E-state index contributed by atoms with van der Waals surface area (Å²) in [4.78, 5) is 13.8. The van der Waals surface area contributed by atoms with Gasteiger partial charge in [0.1, 0.15) is 11.5 Å². The molecule has 0 aliphatic heterocycles. The van der Waals surface area contributed by atoms with Crippen LogP contribution in [0.3, 0.4) is 0 Å². The molecule has 1 heterocycles. The maximum absolute atomic E-state index is 12.2. The Kier molecular flexibility index (Phi) is 4.07. The number of halogens is 1. The highest BCUT2D eigenvalue weighted by molar-refractivity contribution is 6.31. The third kappa shape index (κ3) is 3.25. The summed E-state index contributed by atoms with van der Waals surface area (Å²) in [6, 6.07) is 9.64. The SMILES string of the molecule is Cc1cc(CN(C)C(=O)NC2CC2c2ccccc2Cl)no1. The number of hydrogen-bond acceptors (Lipinski definition) is 3. The second kappa shape index (κ2) is 6.01. The molecule has 0 spiro atoms. The Labute approximate surface area is 134 Å². The van der Waals surface area contributed by atoms with E-state index in [1.807, 2.05) is 37.3 Å². The van der Waals surface area contributed by atoms with Crippen LogP contribution >= 0.6 is 11.6 Å². The van der Waals surface area contributed by atoms with E-state index in [9.17, 15) is 4.79 Å². The van der Waals surface area contributed by atoms with Crippen LogP contribution in [0.25, 0.3) is 0 Å². The molecule has 1 aliphatic carbocycles. The first-order chi connectivity index (χ1) is 10.5. The quantitative estimate of drug-likeness (QED) is 0.940. The maximum atomic E-state index is 12.2. The molecule has 1 saturated carbocycles. The summed E-state index contributed by atoms with van der Waals surface area (Å²) >= 11 is 6.19. The van der Waals surface area contributed by atoms with Crippen LogP contribution < -0.4 is 5.32 Å². The molecule has 3 rings (SSSR count). The highest BCUT2D eigenvalue weighted by atomic mass is 35.5. The molecule has 0 saturated heterocycles. The Bertz CT molecular complexity index is 686. The van der Waals surface area contributed by atoms with Gasteiger partial charge in [-0.05, 0) is 25.0 Å². The van der Waals surface area contributed by atoms with Crippen molar-refractivity contribution in [3.05, 3.63) is 52.4 Å². The lowest BCUT2D eigenvalue weighted by Crippen LogP contribution is -2.38. The zero-order chi connectivity index (χ0) is 15.7. The van der Waals surface area contributed by atoms with Crippen molar-refractivity contribution in [1.29, 1.82) is 0 Å². The summed E-state index contributed by atoms with van der Waals surface area (Å²) in [5.74, 6) is 1.05. The van der Waals surface area contributed by atoms with E-state index in [2.05, 4.69) is 10.5 Å². The Hall–Kier alpha value is -2.01. The molecule has 1 aromatic heterocycles. The third-order valence-electron chi connectivity index (χ3n) is 3.83. The number of rotatable bonds is 4. The first-order valence-electron chi connectivity index (χ1n) is 7.23. The van der Waals surface area contributed by atoms with E-state index < -0.39 is 0 Å². The Morgan fingerprint density at radius 2 is 2.27 bits per heavy atom. The standard InChI is InChI=1S/C16H18ClN3O2/c1-10-7-11(19-22-10)9-20(2)16(21)18-15-8-13(15)12-5-3-4-6-14(12)17/h3-7,13,15H,8-9H2,1-2H3,(H,18,21). The van der Waals surface area contributed by atoms with Gasteiger partial charge in [-0.25, -0.2) is 4.79 Å². The van der Waals surface area contributed by atoms with Crippen LogP contribution in [0, 0.1) is 6.92 Å². The van der Waals surface area contributed by atoms with Crippen LogP contribution in [-0.4, -0.2) is 29.2 Å². The van der Waals surface area contributed by atoms with Gasteiger partial charge in [0.05, 0.1) is 6.54 Å². The molecule has 116 valence electrons. The predicted molar refractivity (Wildman–Crippen MR) is 83.8 cm³/mol. The van der Waals surface area contributed by atoms with Crippen molar-refractivity contribution >= 4 is 17.6 Å². The monoisotopic (exact) mass is 319 g/mol. The lowest BCUT2D eigenvalue weighted by Gasteiger charge is -2.16. The van der Waals surface area contributed by atoms with Crippen LogP contribution in [-0.2, 0) is 6.54 Å². The molecular formula is C16H18ClN3O2. The van der Waals surface area contributed by atoms with Gasteiger partial charge in [-0.2, -0.15) is 0 Å². The molecule has 6 heteroatoms. The van der Waals surface area contributed by atoms with E-state index in [1.54, 1.807) is 11.9 Å². The topological polar surface area (TPSA) is 58.4 Å². The highest BCUT2D eigenvalue weighted by Crippen LogP contribution is 2.43. The lowest BCUT2D eigenvalue weighted by atomic mass is 10.1. The average molecular weight is 320 g/mol. The van der Waals surface area contributed by atoms with Gasteiger partial charge in [0.15, 0.2) is 0 Å². The van der Waals surface area contributed by atoms with Gasteiger partial charge >= 0.3 is 6.03 Å². The number of benzene rings is 1. The van der Waals surface area contributed by atoms with Gasteiger partial charge in [-0.3, -0.25) is 0 Å². The van der Waals surface area contributed by atoms with E-state index in [-0.39, 0.29) is 12.1 Å². The van der Waals surface area contributed by atoms with Gasteiger partial charge in [-0.15, -0.1) is 0 Å². The van der Waals surface area contributed by atoms with Crippen LogP contribution in [0.4, 0.5) is 4.79 Å². The van der Waals surface area contributed by atoms with Crippen LogP contribution in [0.5, 0.6) is 0 Å². The minimum atomic E-state index is -0.111. The Balaban J connectivity index is 1.54. The Morgan fingerprint density at radius 1 is 1.50 bits per heavy atom. The number of carbonyl (C=O) groups is 1. The summed E-state index contributed by atoms with van der Waals surface area (Å²) in [6.45, 7) is 2.25. The first kappa shape index (κ1) is 14.9. The molecule has 2 atom stereocenters. The number of nitrogens with one attached hydrogen (secondary N) is 1. The van der Waals surface area contributed by atoms with Crippen molar-refractivity contribution in [3.8, 4) is 0 Å². The minimum absolute atomic E-state index is 0.111. The second-order valence-corrected chi connectivity index (χ2v) is 6.11. The molecule has 1 aliphatic rings. The summed E-state index contributed by atoms with van der Waals surface area (Å²) in [5, 5.41) is 7.68. The van der Waals surface area contributed by atoms with Crippen LogP contribution in [0.15, 0.2) is 34.9 Å².